The largest absolute Gasteiger partial charge is 0.493 e. The van der Waals surface area contributed by atoms with Gasteiger partial charge in [0.25, 0.3) is 0 Å². The molecule has 18 heavy (non-hydrogen) atoms. The fourth-order valence-corrected chi connectivity index (χ4v) is 1.79. The van der Waals surface area contributed by atoms with Crippen LogP contribution < -0.4 is 4.74 Å². The summed E-state index contributed by atoms with van der Waals surface area (Å²) in [4.78, 5) is 0. The van der Waals surface area contributed by atoms with Crippen molar-refractivity contribution in [3.8, 4) is 5.75 Å². The SMILES string of the molecule is Fc1ccc(OCCc2ccc(CCl)cc2)cc1. The minimum Gasteiger partial charge on any atom is -0.493 e. The van der Waals surface area contributed by atoms with E-state index in [-0.39, 0.29) is 5.82 Å². The first-order chi connectivity index (χ1) is 8.78. The van der Waals surface area contributed by atoms with Gasteiger partial charge in [0.05, 0.1) is 6.61 Å². The fourth-order valence-electron chi connectivity index (χ4n) is 1.61. The zero-order chi connectivity index (χ0) is 12.8. The Morgan fingerprint density at radius 1 is 0.889 bits per heavy atom. The first kappa shape index (κ1) is 12.9. The lowest BCUT2D eigenvalue weighted by Gasteiger charge is -2.06. The number of benzene rings is 2. The highest BCUT2D eigenvalue weighted by Crippen LogP contribution is 2.12. The van der Waals surface area contributed by atoms with Crippen molar-refractivity contribution >= 4 is 11.6 Å². The van der Waals surface area contributed by atoms with Crippen molar-refractivity contribution in [2.75, 3.05) is 6.61 Å². The Kier molecular flexibility index (Phi) is 4.59. The molecule has 0 atom stereocenters. The second-order valence-electron chi connectivity index (χ2n) is 4.00. The van der Waals surface area contributed by atoms with Crippen LogP contribution in [0, 0.1) is 5.82 Å². The Labute approximate surface area is 111 Å². The van der Waals surface area contributed by atoms with Crippen LogP contribution in [0.5, 0.6) is 5.75 Å². The van der Waals surface area contributed by atoms with Crippen molar-refractivity contribution in [3.05, 3.63) is 65.5 Å². The molecule has 0 N–H and O–H groups in total. The van der Waals surface area contributed by atoms with Crippen LogP contribution in [0.2, 0.25) is 0 Å². The van der Waals surface area contributed by atoms with E-state index in [9.17, 15) is 4.39 Å². The number of ether oxygens (including phenoxy) is 1. The van der Waals surface area contributed by atoms with Gasteiger partial charge in [-0.25, -0.2) is 4.39 Å². The van der Waals surface area contributed by atoms with Crippen LogP contribution in [0.1, 0.15) is 11.1 Å². The minimum absolute atomic E-state index is 0.251. The van der Waals surface area contributed by atoms with Crippen LogP contribution in [0.15, 0.2) is 48.5 Å². The predicted molar refractivity (Wildman–Crippen MR) is 71.6 cm³/mol. The van der Waals surface area contributed by atoms with Gasteiger partial charge in [0.2, 0.25) is 0 Å². The van der Waals surface area contributed by atoms with Crippen LogP contribution >= 0.6 is 11.6 Å². The summed E-state index contributed by atoms with van der Waals surface area (Å²) < 4.78 is 18.2. The van der Waals surface area contributed by atoms with E-state index in [0.717, 1.165) is 12.0 Å². The molecule has 0 bridgehead atoms. The predicted octanol–water partition coefficient (Wildman–Crippen LogP) is 4.19. The van der Waals surface area contributed by atoms with Gasteiger partial charge < -0.3 is 4.74 Å². The molecule has 1 nitrogen and oxygen atoms in total. The van der Waals surface area contributed by atoms with Crippen LogP contribution in [0.4, 0.5) is 4.39 Å². The molecular weight excluding hydrogens is 251 g/mol. The molecule has 0 heterocycles. The second kappa shape index (κ2) is 6.41. The maximum absolute atomic E-state index is 12.7. The molecule has 0 saturated heterocycles. The van der Waals surface area contributed by atoms with E-state index in [1.165, 1.54) is 17.7 Å². The lowest BCUT2D eigenvalue weighted by atomic mass is 10.1. The highest BCUT2D eigenvalue weighted by atomic mass is 35.5. The van der Waals surface area contributed by atoms with Gasteiger partial charge in [-0.05, 0) is 35.4 Å². The van der Waals surface area contributed by atoms with Crippen molar-refractivity contribution in [1.29, 1.82) is 0 Å². The zero-order valence-electron chi connectivity index (χ0n) is 9.90. The van der Waals surface area contributed by atoms with Gasteiger partial charge in [0, 0.05) is 12.3 Å². The maximum atomic E-state index is 12.7. The molecule has 0 aliphatic heterocycles. The standard InChI is InChI=1S/C15H14ClFO/c16-11-13-3-1-12(2-4-13)9-10-18-15-7-5-14(17)6-8-15/h1-8H,9-11H2. The van der Waals surface area contributed by atoms with Gasteiger partial charge in [-0.3, -0.25) is 0 Å². The van der Waals surface area contributed by atoms with E-state index in [1.807, 2.05) is 24.3 Å². The van der Waals surface area contributed by atoms with Crippen molar-refractivity contribution in [1.82, 2.24) is 0 Å². The Morgan fingerprint density at radius 2 is 1.50 bits per heavy atom. The molecule has 0 saturated carbocycles. The van der Waals surface area contributed by atoms with Crippen molar-refractivity contribution in [2.24, 2.45) is 0 Å². The molecule has 94 valence electrons. The number of rotatable bonds is 5. The summed E-state index contributed by atoms with van der Waals surface area (Å²) in [5.74, 6) is 0.972. The smallest absolute Gasteiger partial charge is 0.123 e. The van der Waals surface area contributed by atoms with Crippen LogP contribution in [-0.2, 0) is 12.3 Å². The quantitative estimate of drug-likeness (QED) is 0.736. The maximum Gasteiger partial charge on any atom is 0.123 e. The number of halogens is 2. The minimum atomic E-state index is -0.251. The average Bonchev–Trinajstić information content (AvgIpc) is 2.42. The van der Waals surface area contributed by atoms with Gasteiger partial charge in [0.15, 0.2) is 0 Å². The van der Waals surface area contributed by atoms with E-state index >= 15 is 0 Å². The average molecular weight is 265 g/mol. The Balaban J connectivity index is 1.82. The topological polar surface area (TPSA) is 9.23 Å². The Morgan fingerprint density at radius 3 is 2.11 bits per heavy atom. The van der Waals surface area contributed by atoms with E-state index in [4.69, 9.17) is 16.3 Å². The third-order valence-electron chi connectivity index (χ3n) is 2.65. The summed E-state index contributed by atoms with van der Waals surface area (Å²) in [7, 11) is 0. The summed E-state index contributed by atoms with van der Waals surface area (Å²) >= 11 is 5.72. The molecule has 0 amide bonds. The van der Waals surface area contributed by atoms with Gasteiger partial charge in [-0.1, -0.05) is 24.3 Å². The van der Waals surface area contributed by atoms with E-state index in [1.54, 1.807) is 12.1 Å². The van der Waals surface area contributed by atoms with Crippen molar-refractivity contribution < 1.29 is 9.13 Å². The summed E-state index contributed by atoms with van der Waals surface area (Å²) in [6.45, 7) is 0.575. The van der Waals surface area contributed by atoms with Crippen molar-refractivity contribution in [3.63, 3.8) is 0 Å². The molecule has 2 aromatic carbocycles. The fraction of sp³-hybridized carbons (Fsp3) is 0.200. The van der Waals surface area contributed by atoms with Crippen molar-refractivity contribution in [2.45, 2.75) is 12.3 Å². The molecule has 0 unspecified atom stereocenters. The third-order valence-corrected chi connectivity index (χ3v) is 2.96. The highest BCUT2D eigenvalue weighted by molar-refractivity contribution is 6.17. The summed E-state index contributed by atoms with van der Waals surface area (Å²) in [5.41, 5.74) is 2.31. The van der Waals surface area contributed by atoms with Gasteiger partial charge in [0.1, 0.15) is 11.6 Å². The normalized spacial score (nSPS) is 10.3. The molecule has 0 spiro atoms. The Hall–Kier alpha value is -1.54. The van der Waals surface area contributed by atoms with Crippen LogP contribution in [0.3, 0.4) is 0 Å². The lowest BCUT2D eigenvalue weighted by molar-refractivity contribution is 0.321. The van der Waals surface area contributed by atoms with E-state index in [2.05, 4.69) is 0 Å². The molecule has 2 aromatic rings. The molecule has 0 aromatic heterocycles. The van der Waals surface area contributed by atoms with E-state index < -0.39 is 0 Å². The molecular formula is C15H14ClFO. The summed E-state index contributed by atoms with van der Waals surface area (Å²) in [6.07, 6.45) is 0.819. The third kappa shape index (κ3) is 3.74. The molecule has 0 radical (unpaired) electrons. The number of hydrogen-bond acceptors (Lipinski definition) is 1. The summed E-state index contributed by atoms with van der Waals surface area (Å²) in [6, 6.07) is 14.2. The van der Waals surface area contributed by atoms with Crippen LogP contribution in [-0.4, -0.2) is 6.61 Å². The van der Waals surface area contributed by atoms with E-state index in [0.29, 0.717) is 18.2 Å². The summed E-state index contributed by atoms with van der Waals surface area (Å²) in [5, 5.41) is 0. The zero-order valence-corrected chi connectivity index (χ0v) is 10.7. The Bertz CT molecular complexity index is 479. The van der Waals surface area contributed by atoms with Gasteiger partial charge >= 0.3 is 0 Å². The molecule has 3 heteroatoms. The highest BCUT2D eigenvalue weighted by Gasteiger charge is 1.97. The monoisotopic (exact) mass is 264 g/mol. The molecule has 0 aliphatic rings. The number of hydrogen-bond donors (Lipinski definition) is 0. The molecule has 0 aliphatic carbocycles. The van der Waals surface area contributed by atoms with Gasteiger partial charge in [-0.2, -0.15) is 0 Å². The van der Waals surface area contributed by atoms with Crippen LogP contribution in [0.25, 0.3) is 0 Å². The molecule has 0 fully saturated rings. The molecule has 2 rings (SSSR count). The van der Waals surface area contributed by atoms with Gasteiger partial charge in [-0.15, -0.1) is 11.6 Å². The first-order valence-electron chi connectivity index (χ1n) is 5.80. The number of alkyl halides is 1. The first-order valence-corrected chi connectivity index (χ1v) is 6.33. The second-order valence-corrected chi connectivity index (χ2v) is 4.27. The lowest BCUT2D eigenvalue weighted by Crippen LogP contribution is -2.01.